The highest BCUT2D eigenvalue weighted by atomic mass is 16.5. The van der Waals surface area contributed by atoms with Gasteiger partial charge in [-0.2, -0.15) is 0 Å². The molecule has 6 nitrogen and oxygen atoms in total. The summed E-state index contributed by atoms with van der Waals surface area (Å²) in [7, 11) is 0. The largest absolute Gasteiger partial charge is 0.478 e. The fraction of sp³-hybridized carbons (Fsp3) is 0.440. The predicted octanol–water partition coefficient (Wildman–Crippen LogP) is 3.46. The van der Waals surface area contributed by atoms with Gasteiger partial charge in [-0.1, -0.05) is 31.2 Å². The number of carbonyl (C=O) groups is 2. The molecule has 3 aliphatic rings. The average molecular weight is 420 g/mol. The molecule has 1 unspecified atom stereocenters. The van der Waals surface area contributed by atoms with Crippen molar-refractivity contribution >= 4 is 17.5 Å². The summed E-state index contributed by atoms with van der Waals surface area (Å²) in [6.45, 7) is 5.55. The Morgan fingerprint density at radius 3 is 2.65 bits per heavy atom. The van der Waals surface area contributed by atoms with Crippen LogP contribution in [0.5, 0.6) is 5.75 Å². The van der Waals surface area contributed by atoms with Gasteiger partial charge in [0.1, 0.15) is 5.75 Å². The normalized spacial score (nSPS) is 21.6. The quantitative estimate of drug-likeness (QED) is 0.828. The zero-order valence-corrected chi connectivity index (χ0v) is 18.0. The van der Waals surface area contributed by atoms with Crippen LogP contribution < -0.4 is 10.1 Å². The van der Waals surface area contributed by atoms with Crippen molar-refractivity contribution in [2.45, 2.75) is 51.3 Å². The minimum absolute atomic E-state index is 0.0251. The first kappa shape index (κ1) is 20.1. The van der Waals surface area contributed by atoms with Crippen LogP contribution in [0.3, 0.4) is 0 Å². The first-order valence-electron chi connectivity index (χ1n) is 11.3. The minimum atomic E-state index is -0.463. The Bertz CT molecular complexity index is 997. The summed E-state index contributed by atoms with van der Waals surface area (Å²) in [6, 6.07) is 14.6. The number of ether oxygens (including phenoxy) is 1. The van der Waals surface area contributed by atoms with E-state index < -0.39 is 6.10 Å². The number of nitrogens with one attached hydrogen (secondary N) is 1. The van der Waals surface area contributed by atoms with E-state index in [2.05, 4.69) is 34.5 Å². The number of benzene rings is 2. The van der Waals surface area contributed by atoms with E-state index >= 15 is 0 Å². The number of piperidine rings is 1. The number of amides is 2. The number of nitrogens with zero attached hydrogens (tertiary/aromatic N) is 2. The zero-order chi connectivity index (χ0) is 21.4. The first-order chi connectivity index (χ1) is 15.1. The molecule has 2 aromatic rings. The summed E-state index contributed by atoms with van der Waals surface area (Å²) < 4.78 is 5.74. The number of likely N-dealkylation sites (tertiary alicyclic amines) is 1. The minimum Gasteiger partial charge on any atom is -0.478 e. The van der Waals surface area contributed by atoms with Crippen LogP contribution in [-0.2, 0) is 17.8 Å². The van der Waals surface area contributed by atoms with Crippen LogP contribution in [0.25, 0.3) is 0 Å². The van der Waals surface area contributed by atoms with Gasteiger partial charge in [-0.3, -0.25) is 14.5 Å². The Morgan fingerprint density at radius 2 is 1.87 bits per heavy atom. The van der Waals surface area contributed by atoms with E-state index in [0.29, 0.717) is 29.5 Å². The SMILES string of the molecule is CCC1Oc2ccc(C(=O)N3CCC(N4CCc5ccccc5C4)CC3)cc2NC1=O. The van der Waals surface area contributed by atoms with Gasteiger partial charge >= 0.3 is 0 Å². The maximum Gasteiger partial charge on any atom is 0.265 e. The van der Waals surface area contributed by atoms with Gasteiger partial charge in [0, 0.05) is 37.8 Å². The van der Waals surface area contributed by atoms with E-state index in [1.54, 1.807) is 18.2 Å². The average Bonchev–Trinajstić information content (AvgIpc) is 2.82. The molecule has 3 heterocycles. The molecule has 162 valence electrons. The second-order valence-corrected chi connectivity index (χ2v) is 8.73. The highest BCUT2D eigenvalue weighted by Crippen LogP contribution is 2.32. The molecular weight excluding hydrogens is 390 g/mol. The molecule has 1 fully saturated rings. The number of rotatable bonds is 3. The Labute approximate surface area is 183 Å². The summed E-state index contributed by atoms with van der Waals surface area (Å²) in [6.07, 6.45) is 3.25. The van der Waals surface area contributed by atoms with Gasteiger partial charge in [0.15, 0.2) is 6.10 Å². The van der Waals surface area contributed by atoms with Crippen LogP contribution in [0.4, 0.5) is 5.69 Å². The highest BCUT2D eigenvalue weighted by molar-refractivity contribution is 6.01. The number of fused-ring (bicyclic) bond motifs is 2. The Hall–Kier alpha value is -2.86. The second kappa shape index (κ2) is 8.35. The molecule has 2 aromatic carbocycles. The van der Waals surface area contributed by atoms with E-state index in [1.807, 2.05) is 11.8 Å². The molecule has 0 bridgehead atoms. The van der Waals surface area contributed by atoms with Crippen molar-refractivity contribution in [3.8, 4) is 5.75 Å². The first-order valence-corrected chi connectivity index (χ1v) is 11.3. The smallest absolute Gasteiger partial charge is 0.265 e. The molecule has 3 aliphatic heterocycles. The predicted molar refractivity (Wildman–Crippen MR) is 119 cm³/mol. The van der Waals surface area contributed by atoms with Gasteiger partial charge in [-0.05, 0) is 55.0 Å². The van der Waals surface area contributed by atoms with Gasteiger partial charge in [0.05, 0.1) is 5.69 Å². The van der Waals surface area contributed by atoms with Crippen molar-refractivity contribution in [1.82, 2.24) is 9.80 Å². The van der Waals surface area contributed by atoms with Crippen LogP contribution in [0.2, 0.25) is 0 Å². The standard InChI is InChI=1S/C25H29N3O3/c1-2-22-24(29)26-21-15-18(7-8-23(21)31-22)25(30)27-13-10-20(11-14-27)28-12-9-17-5-3-4-6-19(17)16-28/h3-8,15,20,22H,2,9-14,16H2,1H3,(H,26,29). The van der Waals surface area contributed by atoms with Gasteiger partial charge < -0.3 is 15.0 Å². The molecule has 0 saturated carbocycles. The van der Waals surface area contributed by atoms with E-state index in [9.17, 15) is 9.59 Å². The van der Waals surface area contributed by atoms with Crippen molar-refractivity contribution in [3.63, 3.8) is 0 Å². The fourth-order valence-electron chi connectivity index (χ4n) is 5.00. The molecule has 2 amide bonds. The third kappa shape index (κ3) is 3.92. The highest BCUT2D eigenvalue weighted by Gasteiger charge is 2.31. The molecule has 0 aromatic heterocycles. The maximum atomic E-state index is 13.1. The number of carbonyl (C=O) groups excluding carboxylic acids is 2. The summed E-state index contributed by atoms with van der Waals surface area (Å²) >= 11 is 0. The van der Waals surface area contributed by atoms with Crippen molar-refractivity contribution in [2.75, 3.05) is 25.0 Å². The molecule has 0 radical (unpaired) electrons. The van der Waals surface area contributed by atoms with Crippen LogP contribution in [0.1, 0.15) is 47.7 Å². The fourth-order valence-corrected chi connectivity index (χ4v) is 5.00. The van der Waals surface area contributed by atoms with Crippen LogP contribution in [0, 0.1) is 0 Å². The van der Waals surface area contributed by atoms with Crippen molar-refractivity contribution in [2.24, 2.45) is 0 Å². The van der Waals surface area contributed by atoms with E-state index in [-0.39, 0.29) is 11.8 Å². The molecule has 6 heteroatoms. The number of hydrogen-bond acceptors (Lipinski definition) is 4. The van der Waals surface area contributed by atoms with Crippen molar-refractivity contribution in [3.05, 3.63) is 59.2 Å². The maximum absolute atomic E-state index is 13.1. The molecule has 0 aliphatic carbocycles. The molecule has 5 rings (SSSR count). The molecule has 31 heavy (non-hydrogen) atoms. The van der Waals surface area contributed by atoms with Crippen molar-refractivity contribution < 1.29 is 14.3 Å². The zero-order valence-electron chi connectivity index (χ0n) is 18.0. The van der Waals surface area contributed by atoms with Crippen LogP contribution in [0.15, 0.2) is 42.5 Å². The van der Waals surface area contributed by atoms with Gasteiger partial charge in [-0.15, -0.1) is 0 Å². The summed E-state index contributed by atoms with van der Waals surface area (Å²) in [4.78, 5) is 29.7. The van der Waals surface area contributed by atoms with E-state index in [4.69, 9.17) is 4.74 Å². The molecule has 1 atom stereocenters. The third-order valence-electron chi connectivity index (χ3n) is 6.85. The summed E-state index contributed by atoms with van der Waals surface area (Å²) in [5.74, 6) is 0.507. The number of anilines is 1. The Morgan fingerprint density at radius 1 is 1.10 bits per heavy atom. The van der Waals surface area contributed by atoms with Crippen LogP contribution in [-0.4, -0.2) is 53.4 Å². The molecule has 0 spiro atoms. The Balaban J connectivity index is 1.21. The topological polar surface area (TPSA) is 61.9 Å². The number of hydrogen-bond donors (Lipinski definition) is 1. The van der Waals surface area contributed by atoms with Gasteiger partial charge in [0.25, 0.3) is 11.8 Å². The van der Waals surface area contributed by atoms with Crippen molar-refractivity contribution in [1.29, 1.82) is 0 Å². The lowest BCUT2D eigenvalue weighted by Gasteiger charge is -2.40. The third-order valence-corrected chi connectivity index (χ3v) is 6.85. The van der Waals surface area contributed by atoms with Gasteiger partial charge in [0.2, 0.25) is 0 Å². The molecular formula is C25H29N3O3. The van der Waals surface area contributed by atoms with E-state index in [0.717, 1.165) is 45.4 Å². The lowest BCUT2D eigenvalue weighted by atomic mass is 9.95. The summed E-state index contributed by atoms with van der Waals surface area (Å²) in [5.41, 5.74) is 4.10. The molecule has 1 saturated heterocycles. The second-order valence-electron chi connectivity index (χ2n) is 8.73. The van der Waals surface area contributed by atoms with E-state index in [1.165, 1.54) is 11.1 Å². The van der Waals surface area contributed by atoms with Crippen LogP contribution >= 0.6 is 0 Å². The summed E-state index contributed by atoms with van der Waals surface area (Å²) in [5, 5.41) is 2.88. The lowest BCUT2D eigenvalue weighted by Crippen LogP contribution is -2.48. The van der Waals surface area contributed by atoms with Gasteiger partial charge in [-0.25, -0.2) is 0 Å². The molecule has 1 N–H and O–H groups in total. The monoisotopic (exact) mass is 419 g/mol. The Kier molecular flexibility index (Phi) is 5.40. The lowest BCUT2D eigenvalue weighted by molar-refractivity contribution is -0.123.